The Labute approximate surface area is 211 Å². The van der Waals surface area contributed by atoms with Crippen LogP contribution < -0.4 is 15.1 Å². The minimum atomic E-state index is -4.66. The van der Waals surface area contributed by atoms with Crippen LogP contribution in [0.5, 0.6) is 5.75 Å². The summed E-state index contributed by atoms with van der Waals surface area (Å²) < 4.78 is 38.0. The molecule has 5 rings (SSSR count). The summed E-state index contributed by atoms with van der Waals surface area (Å²) in [7, 11) is -4.66. The van der Waals surface area contributed by atoms with Crippen molar-refractivity contribution >= 4 is 33.2 Å². The Morgan fingerprint density at radius 3 is 2.68 bits per heavy atom. The van der Waals surface area contributed by atoms with Gasteiger partial charge < -0.3 is 25.4 Å². The highest BCUT2D eigenvalue weighted by Gasteiger charge is 2.45. The first-order valence-electron chi connectivity index (χ1n) is 11.7. The van der Waals surface area contributed by atoms with Crippen molar-refractivity contribution in [1.29, 1.82) is 0 Å². The van der Waals surface area contributed by atoms with Crippen LogP contribution in [-0.2, 0) is 19.2 Å². The molecule has 37 heavy (non-hydrogen) atoms. The van der Waals surface area contributed by atoms with Crippen molar-refractivity contribution < 1.29 is 37.5 Å². The van der Waals surface area contributed by atoms with Crippen LogP contribution in [0.1, 0.15) is 42.3 Å². The molecule has 15 heteroatoms. The molecule has 2 aliphatic rings. The number of carbonyl (C=O) groups is 1. The zero-order chi connectivity index (χ0) is 26.2. The van der Waals surface area contributed by atoms with E-state index in [4.69, 9.17) is 8.92 Å². The van der Waals surface area contributed by atoms with Crippen molar-refractivity contribution in [1.82, 2.24) is 24.2 Å². The fourth-order valence-corrected chi connectivity index (χ4v) is 5.22. The standard InChI is InChI=1S/C22H26N6O8S/c29-14-8-4-3-7-13(14)21(32)27-37(33,34)35-9-15-17(30)18(31)22(36-15)28-11-25-16-19(23-10-24-20(16)28)26-12-5-1-2-6-12/h3-4,7-8,10-12,15,17-18,22,29-31H,1-2,5-6,9H2,(H,27,32)(H,23,24,26)/p-1/t15-,17-,18-,22-/m1/s1. The van der Waals surface area contributed by atoms with Gasteiger partial charge in [-0.05, 0) is 12.8 Å². The van der Waals surface area contributed by atoms with Crippen molar-refractivity contribution in [3.05, 3.63) is 42.5 Å². The normalized spacial score (nSPS) is 24.5. The Balaban J connectivity index is 1.26. The largest absolute Gasteiger partial charge is 0.872 e. The SMILES string of the molecule is O=C(NS(=O)(=O)OC[C@H]1O[C@@H](n2cnc3c(NC4CCCC4)ncnc32)[C@H](O)[C@@H]1O)c1ccccc1[O-]. The lowest BCUT2D eigenvalue weighted by Gasteiger charge is -2.17. The third-order valence-electron chi connectivity index (χ3n) is 6.40. The maximum absolute atomic E-state index is 12.2. The highest BCUT2D eigenvalue weighted by Crippen LogP contribution is 2.33. The van der Waals surface area contributed by atoms with E-state index in [1.54, 1.807) is 4.72 Å². The summed E-state index contributed by atoms with van der Waals surface area (Å²) >= 11 is 0. The van der Waals surface area contributed by atoms with Gasteiger partial charge in [0.15, 0.2) is 23.2 Å². The number of benzene rings is 1. The fraction of sp³-hybridized carbons (Fsp3) is 0.455. The van der Waals surface area contributed by atoms with Gasteiger partial charge in [-0.3, -0.25) is 13.5 Å². The maximum Gasteiger partial charge on any atom is 0.362 e. The van der Waals surface area contributed by atoms with Gasteiger partial charge in [0.25, 0.3) is 5.91 Å². The lowest BCUT2D eigenvalue weighted by atomic mass is 10.1. The molecule has 1 amide bonds. The zero-order valence-corrected chi connectivity index (χ0v) is 20.2. The molecule has 0 unspecified atom stereocenters. The minimum Gasteiger partial charge on any atom is -0.872 e. The Morgan fingerprint density at radius 1 is 1.16 bits per heavy atom. The number of ether oxygens (including phenoxy) is 1. The predicted molar refractivity (Wildman–Crippen MR) is 125 cm³/mol. The number of aliphatic hydroxyl groups excluding tert-OH is 2. The number of rotatable bonds is 8. The van der Waals surface area contributed by atoms with Crippen LogP contribution in [0.3, 0.4) is 0 Å². The van der Waals surface area contributed by atoms with Crippen molar-refractivity contribution in [2.24, 2.45) is 0 Å². The van der Waals surface area contributed by atoms with Crippen LogP contribution in [0.2, 0.25) is 0 Å². The van der Waals surface area contributed by atoms with Gasteiger partial charge in [0.1, 0.15) is 24.6 Å². The van der Waals surface area contributed by atoms with E-state index in [1.165, 1.54) is 35.4 Å². The summed E-state index contributed by atoms with van der Waals surface area (Å²) in [5.74, 6) is -1.28. The number of amides is 1. The third kappa shape index (κ3) is 5.21. The number of hydrogen-bond acceptors (Lipinski definition) is 12. The average molecular weight is 534 g/mol. The van der Waals surface area contributed by atoms with Gasteiger partial charge in [-0.15, -0.1) is 0 Å². The maximum atomic E-state index is 12.2. The molecule has 3 heterocycles. The fourth-order valence-electron chi connectivity index (χ4n) is 4.51. The average Bonchev–Trinajstić information content (AvgIpc) is 3.59. The third-order valence-corrected chi connectivity index (χ3v) is 7.28. The number of nitrogens with one attached hydrogen (secondary N) is 2. The number of imidazole rings is 1. The van der Waals surface area contributed by atoms with E-state index >= 15 is 0 Å². The van der Waals surface area contributed by atoms with E-state index < -0.39 is 53.1 Å². The lowest BCUT2D eigenvalue weighted by Crippen LogP contribution is -2.38. The molecule has 4 atom stereocenters. The summed E-state index contributed by atoms with van der Waals surface area (Å²) in [4.78, 5) is 25.0. The number of hydrogen-bond donors (Lipinski definition) is 4. The lowest BCUT2D eigenvalue weighted by molar-refractivity contribution is -0.268. The molecule has 2 fully saturated rings. The molecule has 1 aliphatic heterocycles. The van der Waals surface area contributed by atoms with E-state index in [0.29, 0.717) is 17.0 Å². The highest BCUT2D eigenvalue weighted by molar-refractivity contribution is 7.85. The van der Waals surface area contributed by atoms with Crippen molar-refractivity contribution in [3.8, 4) is 5.75 Å². The molecular formula is C22H25N6O8S-. The molecule has 0 radical (unpaired) electrons. The second-order valence-corrected chi connectivity index (χ2v) is 10.2. The van der Waals surface area contributed by atoms with Gasteiger partial charge in [0, 0.05) is 11.6 Å². The summed E-state index contributed by atoms with van der Waals surface area (Å²) in [6.45, 7) is -0.716. The molecule has 198 valence electrons. The molecule has 1 aromatic carbocycles. The summed E-state index contributed by atoms with van der Waals surface area (Å²) in [5, 5.41) is 36.2. The van der Waals surface area contributed by atoms with Crippen molar-refractivity contribution in [3.63, 3.8) is 0 Å². The Hall–Kier alpha value is -3.37. The molecule has 1 aliphatic carbocycles. The molecule has 1 saturated carbocycles. The number of nitrogens with zero attached hydrogens (tertiary/aromatic N) is 4. The van der Waals surface area contributed by atoms with E-state index in [0.717, 1.165) is 31.7 Å². The number of aliphatic hydroxyl groups is 2. The van der Waals surface area contributed by atoms with Crippen LogP contribution in [0, 0.1) is 0 Å². The molecule has 14 nitrogen and oxygen atoms in total. The van der Waals surface area contributed by atoms with Gasteiger partial charge in [0.05, 0.1) is 12.9 Å². The first-order chi connectivity index (χ1) is 17.7. The second-order valence-electron chi connectivity index (χ2n) is 8.88. The predicted octanol–water partition coefficient (Wildman–Crippen LogP) is -0.435. The number of anilines is 1. The number of fused-ring (bicyclic) bond motifs is 1. The summed E-state index contributed by atoms with van der Waals surface area (Å²) in [6.07, 6.45) is 1.66. The van der Waals surface area contributed by atoms with E-state index in [2.05, 4.69) is 20.3 Å². The van der Waals surface area contributed by atoms with E-state index in [-0.39, 0.29) is 11.6 Å². The van der Waals surface area contributed by atoms with Gasteiger partial charge in [-0.2, -0.15) is 8.42 Å². The topological polar surface area (TPSA) is 201 Å². The first-order valence-corrected chi connectivity index (χ1v) is 13.1. The monoisotopic (exact) mass is 533 g/mol. The van der Waals surface area contributed by atoms with Crippen molar-refractivity contribution in [2.75, 3.05) is 11.9 Å². The molecular weight excluding hydrogens is 508 g/mol. The van der Waals surface area contributed by atoms with Crippen LogP contribution in [-0.4, -0.2) is 75.0 Å². The smallest absolute Gasteiger partial charge is 0.362 e. The number of aromatic nitrogens is 4. The Morgan fingerprint density at radius 2 is 1.92 bits per heavy atom. The van der Waals surface area contributed by atoms with Crippen LogP contribution in [0.25, 0.3) is 11.2 Å². The molecule has 0 bridgehead atoms. The molecule has 1 saturated heterocycles. The quantitative estimate of drug-likeness (QED) is 0.291. The Kier molecular flexibility index (Phi) is 6.96. The van der Waals surface area contributed by atoms with E-state index in [9.17, 15) is 28.5 Å². The molecule has 4 N–H and O–H groups in total. The van der Waals surface area contributed by atoms with Gasteiger partial charge in [0.2, 0.25) is 0 Å². The number of para-hydroxylation sites is 1. The molecule has 0 spiro atoms. The Bertz CT molecular complexity index is 1390. The van der Waals surface area contributed by atoms with Crippen molar-refractivity contribution in [2.45, 2.75) is 56.3 Å². The van der Waals surface area contributed by atoms with Gasteiger partial charge in [-0.1, -0.05) is 42.9 Å². The minimum absolute atomic E-state index is 0.282. The van der Waals surface area contributed by atoms with Crippen LogP contribution >= 0.6 is 0 Å². The molecule has 3 aromatic rings. The zero-order valence-electron chi connectivity index (χ0n) is 19.4. The first kappa shape index (κ1) is 25.3. The molecule has 2 aromatic heterocycles. The van der Waals surface area contributed by atoms with E-state index in [1.807, 2.05) is 0 Å². The van der Waals surface area contributed by atoms with Gasteiger partial charge in [-0.25, -0.2) is 19.7 Å². The number of carbonyl (C=O) groups excluding carboxylic acids is 1. The summed E-state index contributed by atoms with van der Waals surface area (Å²) in [6, 6.07) is 5.39. The van der Waals surface area contributed by atoms with Crippen LogP contribution in [0.4, 0.5) is 5.82 Å². The van der Waals surface area contributed by atoms with Gasteiger partial charge >= 0.3 is 10.3 Å². The second kappa shape index (κ2) is 10.2. The summed E-state index contributed by atoms with van der Waals surface area (Å²) in [5.41, 5.74) is 0.436. The highest BCUT2D eigenvalue weighted by atomic mass is 32.2. The van der Waals surface area contributed by atoms with Crippen LogP contribution in [0.15, 0.2) is 36.9 Å².